The van der Waals surface area contributed by atoms with Gasteiger partial charge in [-0.15, -0.1) is 12.4 Å². The smallest absolute Gasteiger partial charge is 0.227 e. The molecule has 0 atom stereocenters. The molecule has 0 bridgehead atoms. The summed E-state index contributed by atoms with van der Waals surface area (Å²) in [5.41, 5.74) is 2.06. The average Bonchev–Trinajstić information content (AvgIpc) is 2.34. The quantitative estimate of drug-likeness (QED) is 0.775. The summed E-state index contributed by atoms with van der Waals surface area (Å²) in [6, 6.07) is 6.08. The lowest BCUT2D eigenvalue weighted by Crippen LogP contribution is -2.34. The van der Waals surface area contributed by atoms with E-state index in [0.29, 0.717) is 0 Å². The van der Waals surface area contributed by atoms with Gasteiger partial charge in [0.2, 0.25) is 5.91 Å². The van der Waals surface area contributed by atoms with Crippen molar-refractivity contribution in [1.29, 1.82) is 0 Å². The van der Waals surface area contributed by atoms with E-state index in [9.17, 15) is 4.79 Å². The molecule has 0 spiro atoms. The van der Waals surface area contributed by atoms with Crippen LogP contribution in [0.2, 0.25) is 0 Å². The van der Waals surface area contributed by atoms with Crippen LogP contribution in [0.3, 0.4) is 0 Å². The number of piperidine rings is 1. The average molecular weight is 381 g/mol. The number of nitrogens with one attached hydrogen (secondary N) is 2. The van der Waals surface area contributed by atoms with Crippen molar-refractivity contribution in [2.75, 3.05) is 18.4 Å². The zero-order chi connectivity index (χ0) is 12.3. The molecule has 5 heteroatoms. The number of aryl methyl sites for hydroxylation is 1. The Kier molecular flexibility index (Phi) is 6.38. The van der Waals surface area contributed by atoms with Crippen molar-refractivity contribution in [2.45, 2.75) is 19.8 Å². The highest BCUT2D eigenvalue weighted by Crippen LogP contribution is 2.20. The molecule has 1 fully saturated rings. The maximum absolute atomic E-state index is 12.1. The maximum Gasteiger partial charge on any atom is 0.227 e. The Balaban J connectivity index is 0.00000162. The standard InChI is InChI=1S/C13H17IN2O.ClH/c1-9-8-11(14)2-3-12(9)16-13(17)10-4-6-15-7-5-10;/h2-3,8,10,15H,4-7H2,1H3,(H,16,17);1H. The van der Waals surface area contributed by atoms with Crippen LogP contribution >= 0.6 is 35.0 Å². The van der Waals surface area contributed by atoms with Crippen LogP contribution in [0.5, 0.6) is 0 Å². The van der Waals surface area contributed by atoms with Crippen LogP contribution in [0.4, 0.5) is 5.69 Å². The van der Waals surface area contributed by atoms with Crippen LogP contribution < -0.4 is 10.6 Å². The molecule has 100 valence electrons. The maximum atomic E-state index is 12.1. The van der Waals surface area contributed by atoms with Gasteiger partial charge in [-0.05, 0) is 79.2 Å². The lowest BCUT2D eigenvalue weighted by atomic mass is 9.97. The number of benzene rings is 1. The minimum Gasteiger partial charge on any atom is -0.326 e. The van der Waals surface area contributed by atoms with Crippen LogP contribution in [0.15, 0.2) is 18.2 Å². The number of halogens is 2. The van der Waals surface area contributed by atoms with Crippen LogP contribution in [-0.2, 0) is 4.79 Å². The molecular formula is C13H18ClIN2O. The van der Waals surface area contributed by atoms with Gasteiger partial charge in [-0.25, -0.2) is 0 Å². The summed E-state index contributed by atoms with van der Waals surface area (Å²) in [6.07, 6.45) is 1.88. The molecule has 1 amide bonds. The Hall–Kier alpha value is -0.330. The summed E-state index contributed by atoms with van der Waals surface area (Å²) >= 11 is 2.28. The van der Waals surface area contributed by atoms with Gasteiger partial charge >= 0.3 is 0 Å². The van der Waals surface area contributed by atoms with E-state index in [1.807, 2.05) is 19.1 Å². The molecule has 1 heterocycles. The zero-order valence-electron chi connectivity index (χ0n) is 10.3. The predicted octanol–water partition coefficient (Wildman–Crippen LogP) is 2.96. The van der Waals surface area contributed by atoms with Crippen molar-refractivity contribution in [3.8, 4) is 0 Å². The molecule has 0 unspecified atom stereocenters. The van der Waals surface area contributed by atoms with Crippen molar-refractivity contribution in [2.24, 2.45) is 5.92 Å². The van der Waals surface area contributed by atoms with E-state index in [0.717, 1.165) is 37.2 Å². The highest BCUT2D eigenvalue weighted by atomic mass is 127. The molecule has 1 aromatic rings. The summed E-state index contributed by atoms with van der Waals surface area (Å²) < 4.78 is 1.19. The lowest BCUT2D eigenvalue weighted by molar-refractivity contribution is -0.120. The van der Waals surface area contributed by atoms with Gasteiger partial charge in [0.05, 0.1) is 0 Å². The number of carbonyl (C=O) groups is 1. The van der Waals surface area contributed by atoms with Gasteiger partial charge in [-0.3, -0.25) is 4.79 Å². The third kappa shape index (κ3) is 4.10. The summed E-state index contributed by atoms with van der Waals surface area (Å²) in [5, 5.41) is 6.31. The van der Waals surface area contributed by atoms with Crippen molar-refractivity contribution in [1.82, 2.24) is 5.32 Å². The van der Waals surface area contributed by atoms with Gasteiger partial charge in [0.15, 0.2) is 0 Å². The van der Waals surface area contributed by atoms with E-state index < -0.39 is 0 Å². The van der Waals surface area contributed by atoms with Crippen LogP contribution in [-0.4, -0.2) is 19.0 Å². The fourth-order valence-corrected chi connectivity index (χ4v) is 2.73. The second kappa shape index (κ2) is 7.31. The van der Waals surface area contributed by atoms with Gasteiger partial charge < -0.3 is 10.6 Å². The highest BCUT2D eigenvalue weighted by Gasteiger charge is 2.21. The van der Waals surface area contributed by atoms with Crippen LogP contribution in [0, 0.1) is 16.4 Å². The second-order valence-electron chi connectivity index (χ2n) is 4.47. The monoisotopic (exact) mass is 380 g/mol. The molecule has 3 nitrogen and oxygen atoms in total. The summed E-state index contributed by atoms with van der Waals surface area (Å²) in [4.78, 5) is 12.1. The number of amides is 1. The number of carbonyl (C=O) groups excluding carboxylic acids is 1. The molecule has 18 heavy (non-hydrogen) atoms. The third-order valence-electron chi connectivity index (χ3n) is 3.16. The van der Waals surface area contributed by atoms with Gasteiger partial charge in [-0.2, -0.15) is 0 Å². The van der Waals surface area contributed by atoms with E-state index >= 15 is 0 Å². The number of hydrogen-bond acceptors (Lipinski definition) is 2. The molecule has 0 radical (unpaired) electrons. The van der Waals surface area contributed by atoms with E-state index in [-0.39, 0.29) is 24.2 Å². The lowest BCUT2D eigenvalue weighted by Gasteiger charge is -2.22. The fraction of sp³-hybridized carbons (Fsp3) is 0.462. The van der Waals surface area contributed by atoms with Crippen LogP contribution in [0.1, 0.15) is 18.4 Å². The minimum absolute atomic E-state index is 0. The molecule has 1 aromatic carbocycles. The zero-order valence-corrected chi connectivity index (χ0v) is 13.3. The minimum atomic E-state index is 0. The molecule has 0 aliphatic carbocycles. The van der Waals surface area contributed by atoms with E-state index in [4.69, 9.17) is 0 Å². The molecule has 2 rings (SSSR count). The first-order chi connectivity index (χ1) is 8.16. The van der Waals surface area contributed by atoms with E-state index in [2.05, 4.69) is 39.3 Å². The summed E-state index contributed by atoms with van der Waals surface area (Å²) in [6.45, 7) is 3.92. The highest BCUT2D eigenvalue weighted by molar-refractivity contribution is 14.1. The first kappa shape index (κ1) is 15.7. The van der Waals surface area contributed by atoms with Crippen LogP contribution in [0.25, 0.3) is 0 Å². The molecule has 1 aliphatic rings. The Morgan fingerprint density at radius 3 is 2.67 bits per heavy atom. The molecule has 2 N–H and O–H groups in total. The molecule has 1 aliphatic heterocycles. The molecule has 0 saturated carbocycles. The first-order valence-corrected chi connectivity index (χ1v) is 7.02. The van der Waals surface area contributed by atoms with E-state index in [1.54, 1.807) is 0 Å². The van der Waals surface area contributed by atoms with Gasteiger partial charge in [0.1, 0.15) is 0 Å². The Morgan fingerprint density at radius 2 is 2.06 bits per heavy atom. The van der Waals surface area contributed by atoms with Crippen molar-refractivity contribution < 1.29 is 4.79 Å². The number of rotatable bonds is 2. The van der Waals surface area contributed by atoms with Gasteiger partial charge in [-0.1, -0.05) is 0 Å². The van der Waals surface area contributed by atoms with Crippen molar-refractivity contribution in [3.63, 3.8) is 0 Å². The molecule has 0 aromatic heterocycles. The largest absolute Gasteiger partial charge is 0.326 e. The number of hydrogen-bond donors (Lipinski definition) is 2. The third-order valence-corrected chi connectivity index (χ3v) is 3.83. The summed E-state index contributed by atoms with van der Waals surface area (Å²) in [7, 11) is 0. The number of anilines is 1. The van der Waals surface area contributed by atoms with Crippen molar-refractivity contribution >= 4 is 46.6 Å². The Morgan fingerprint density at radius 1 is 1.39 bits per heavy atom. The van der Waals surface area contributed by atoms with Crippen molar-refractivity contribution in [3.05, 3.63) is 27.3 Å². The van der Waals surface area contributed by atoms with Gasteiger partial charge in [0.25, 0.3) is 0 Å². The van der Waals surface area contributed by atoms with Gasteiger partial charge in [0, 0.05) is 15.2 Å². The molecular weight excluding hydrogens is 363 g/mol. The topological polar surface area (TPSA) is 41.1 Å². The SMILES string of the molecule is Cc1cc(I)ccc1NC(=O)C1CCNCC1.Cl. The molecule has 1 saturated heterocycles. The normalized spacial score (nSPS) is 15.9. The predicted molar refractivity (Wildman–Crippen MR) is 85.4 cm³/mol. The summed E-state index contributed by atoms with van der Waals surface area (Å²) in [5.74, 6) is 0.325. The second-order valence-corrected chi connectivity index (χ2v) is 5.72. The fourth-order valence-electron chi connectivity index (χ4n) is 2.09. The van der Waals surface area contributed by atoms with E-state index in [1.165, 1.54) is 3.57 Å². The Bertz CT molecular complexity index is 419. The Labute approximate surface area is 128 Å². The first-order valence-electron chi connectivity index (χ1n) is 5.94.